The van der Waals surface area contributed by atoms with Gasteiger partial charge in [0, 0.05) is 19.7 Å². The van der Waals surface area contributed by atoms with Crippen LogP contribution in [-0.2, 0) is 17.5 Å². The second kappa shape index (κ2) is 8.03. The van der Waals surface area contributed by atoms with Gasteiger partial charge in [-0.2, -0.15) is 13.2 Å². The lowest BCUT2D eigenvalue weighted by molar-refractivity contribution is -0.138. The first-order valence-electron chi connectivity index (χ1n) is 8.25. The van der Waals surface area contributed by atoms with Crippen molar-refractivity contribution in [2.45, 2.75) is 45.0 Å². The molecule has 1 atom stereocenters. The summed E-state index contributed by atoms with van der Waals surface area (Å²) < 4.78 is 58.0. The Bertz CT molecular complexity index is 610. The first-order valence-corrected chi connectivity index (χ1v) is 8.25. The van der Waals surface area contributed by atoms with Crippen LogP contribution in [0.25, 0.3) is 0 Å². The average molecular weight is 361 g/mol. The van der Waals surface area contributed by atoms with Crippen molar-refractivity contribution in [3.63, 3.8) is 0 Å². The highest BCUT2D eigenvalue weighted by Gasteiger charge is 2.33. The van der Waals surface area contributed by atoms with Crippen molar-refractivity contribution in [1.29, 1.82) is 0 Å². The van der Waals surface area contributed by atoms with E-state index in [1.807, 2.05) is 13.8 Å². The second-order valence-electron chi connectivity index (χ2n) is 6.25. The first kappa shape index (κ1) is 19.5. The van der Waals surface area contributed by atoms with Gasteiger partial charge in [0.15, 0.2) is 5.96 Å². The van der Waals surface area contributed by atoms with Crippen LogP contribution < -0.4 is 10.6 Å². The predicted molar refractivity (Wildman–Crippen MR) is 87.8 cm³/mol. The molecule has 0 aromatic heterocycles. The molecule has 0 bridgehead atoms. The molecule has 0 aliphatic carbocycles. The van der Waals surface area contributed by atoms with Gasteiger partial charge >= 0.3 is 6.18 Å². The molecule has 1 heterocycles. The number of aliphatic imine (C=N–C) groups is 1. The van der Waals surface area contributed by atoms with Crippen molar-refractivity contribution in [3.8, 4) is 0 Å². The minimum atomic E-state index is -4.62. The summed E-state index contributed by atoms with van der Waals surface area (Å²) in [6, 6.07) is 2.62. The Morgan fingerprint density at radius 1 is 1.32 bits per heavy atom. The maximum atomic E-state index is 13.2. The van der Waals surface area contributed by atoms with Crippen LogP contribution in [0.3, 0.4) is 0 Å². The zero-order valence-electron chi connectivity index (χ0n) is 14.3. The Hall–Kier alpha value is -1.83. The highest BCUT2D eigenvalue weighted by Crippen LogP contribution is 2.32. The van der Waals surface area contributed by atoms with Gasteiger partial charge in [0.25, 0.3) is 0 Å². The van der Waals surface area contributed by atoms with Crippen LogP contribution in [0, 0.1) is 5.82 Å². The van der Waals surface area contributed by atoms with E-state index in [0.29, 0.717) is 31.7 Å². The van der Waals surface area contributed by atoms with E-state index in [2.05, 4.69) is 15.6 Å². The van der Waals surface area contributed by atoms with E-state index in [1.165, 1.54) is 0 Å². The summed E-state index contributed by atoms with van der Waals surface area (Å²) >= 11 is 0. The summed E-state index contributed by atoms with van der Waals surface area (Å²) in [6.07, 6.45) is -2.73. The largest absolute Gasteiger partial charge is 0.416 e. The van der Waals surface area contributed by atoms with E-state index >= 15 is 0 Å². The number of benzene rings is 1. The van der Waals surface area contributed by atoms with Crippen molar-refractivity contribution in [3.05, 3.63) is 35.1 Å². The number of ether oxygens (including phenoxy) is 1. The number of guanidine groups is 1. The zero-order chi connectivity index (χ0) is 18.5. The summed E-state index contributed by atoms with van der Waals surface area (Å²) in [5, 5.41) is 6.09. The molecule has 1 aliphatic heterocycles. The van der Waals surface area contributed by atoms with Crippen molar-refractivity contribution < 1.29 is 22.3 Å². The normalized spacial score (nSPS) is 21.4. The van der Waals surface area contributed by atoms with E-state index in [0.717, 1.165) is 25.0 Å². The number of hydrogen-bond donors (Lipinski definition) is 2. The second-order valence-corrected chi connectivity index (χ2v) is 6.25. The third-order valence-corrected chi connectivity index (χ3v) is 4.06. The molecular formula is C17H23F4N3O. The molecule has 1 unspecified atom stereocenters. The van der Waals surface area contributed by atoms with E-state index < -0.39 is 17.6 Å². The van der Waals surface area contributed by atoms with Crippen LogP contribution in [0.4, 0.5) is 17.6 Å². The van der Waals surface area contributed by atoms with E-state index in [-0.39, 0.29) is 17.7 Å². The van der Waals surface area contributed by atoms with E-state index in [1.54, 1.807) is 0 Å². The molecule has 0 radical (unpaired) electrons. The predicted octanol–water partition coefficient (Wildman–Crippen LogP) is 3.47. The lowest BCUT2D eigenvalue weighted by Crippen LogP contribution is -2.45. The smallest absolute Gasteiger partial charge is 0.373 e. The Labute approximate surface area is 144 Å². The van der Waals surface area contributed by atoms with Crippen LogP contribution in [0.15, 0.2) is 23.2 Å². The number of alkyl halides is 3. The van der Waals surface area contributed by atoms with Crippen molar-refractivity contribution >= 4 is 5.96 Å². The monoisotopic (exact) mass is 361 g/mol. The Morgan fingerprint density at radius 2 is 2.08 bits per heavy atom. The fraction of sp³-hybridized carbons (Fsp3) is 0.588. The topological polar surface area (TPSA) is 45.7 Å². The minimum Gasteiger partial charge on any atom is -0.373 e. The first-order chi connectivity index (χ1) is 11.7. The van der Waals surface area contributed by atoms with Gasteiger partial charge in [-0.25, -0.2) is 9.38 Å². The molecule has 0 saturated carbocycles. The van der Waals surface area contributed by atoms with Crippen LogP contribution in [0.1, 0.15) is 37.8 Å². The molecule has 0 spiro atoms. The molecule has 1 saturated heterocycles. The van der Waals surface area contributed by atoms with Gasteiger partial charge in [0.1, 0.15) is 5.82 Å². The van der Waals surface area contributed by atoms with Gasteiger partial charge in [-0.3, -0.25) is 0 Å². The number of hydrogen-bond acceptors (Lipinski definition) is 2. The Balaban J connectivity index is 2.10. The quantitative estimate of drug-likeness (QED) is 0.480. The molecule has 1 aromatic carbocycles. The Morgan fingerprint density at radius 3 is 2.68 bits per heavy atom. The lowest BCUT2D eigenvalue weighted by Gasteiger charge is -2.24. The van der Waals surface area contributed by atoms with Gasteiger partial charge in [0.2, 0.25) is 0 Å². The Kier molecular flexibility index (Phi) is 6.26. The number of nitrogens with zero attached hydrogens (tertiary/aromatic N) is 1. The third kappa shape index (κ3) is 5.59. The molecule has 1 aromatic rings. The summed E-state index contributed by atoms with van der Waals surface area (Å²) in [5.41, 5.74) is -1.38. The third-order valence-electron chi connectivity index (χ3n) is 4.06. The van der Waals surface area contributed by atoms with Crippen LogP contribution in [0.5, 0.6) is 0 Å². The van der Waals surface area contributed by atoms with Crippen LogP contribution in [-0.4, -0.2) is 31.3 Å². The minimum absolute atomic E-state index is 0.0746. The summed E-state index contributed by atoms with van der Waals surface area (Å²) in [4.78, 5) is 4.20. The molecule has 4 nitrogen and oxygen atoms in total. The molecule has 8 heteroatoms. The highest BCUT2D eigenvalue weighted by molar-refractivity contribution is 5.79. The summed E-state index contributed by atoms with van der Waals surface area (Å²) in [7, 11) is 0. The molecule has 1 aliphatic rings. The molecule has 2 N–H and O–H groups in total. The molecule has 25 heavy (non-hydrogen) atoms. The van der Waals surface area contributed by atoms with E-state index in [9.17, 15) is 17.6 Å². The van der Waals surface area contributed by atoms with E-state index in [4.69, 9.17) is 4.74 Å². The molecule has 140 valence electrons. The SMILES string of the molecule is CCNC(=NCc1ccc(F)cc1C(F)(F)F)NCC1(C)CCCO1. The summed E-state index contributed by atoms with van der Waals surface area (Å²) in [5.74, 6) is -0.520. The lowest BCUT2D eigenvalue weighted by atomic mass is 10.0. The van der Waals surface area contributed by atoms with Gasteiger partial charge in [-0.1, -0.05) is 6.07 Å². The maximum Gasteiger partial charge on any atom is 0.416 e. The van der Waals surface area contributed by atoms with Gasteiger partial charge in [-0.05, 0) is 44.4 Å². The molecule has 2 rings (SSSR count). The number of nitrogens with one attached hydrogen (secondary N) is 2. The maximum absolute atomic E-state index is 13.2. The zero-order valence-corrected chi connectivity index (χ0v) is 14.3. The van der Waals surface area contributed by atoms with Crippen molar-refractivity contribution in [1.82, 2.24) is 10.6 Å². The van der Waals surface area contributed by atoms with Crippen molar-refractivity contribution in [2.75, 3.05) is 19.7 Å². The van der Waals surface area contributed by atoms with Gasteiger partial charge in [0.05, 0.1) is 17.7 Å². The highest BCUT2D eigenvalue weighted by atomic mass is 19.4. The molecular weight excluding hydrogens is 338 g/mol. The number of halogens is 4. The molecule has 1 fully saturated rings. The van der Waals surface area contributed by atoms with Gasteiger partial charge < -0.3 is 15.4 Å². The van der Waals surface area contributed by atoms with Crippen LogP contribution in [0.2, 0.25) is 0 Å². The fourth-order valence-electron chi connectivity index (χ4n) is 2.70. The number of rotatable bonds is 5. The standard InChI is InChI=1S/C17H23F4N3O/c1-3-22-15(24-11-16(2)7-4-8-25-16)23-10-12-5-6-13(18)9-14(12)17(19,20)21/h5-6,9H,3-4,7-8,10-11H2,1-2H3,(H2,22,23,24). The molecule has 0 amide bonds. The van der Waals surface area contributed by atoms with Crippen LogP contribution >= 0.6 is 0 Å². The van der Waals surface area contributed by atoms with Crippen molar-refractivity contribution in [2.24, 2.45) is 4.99 Å². The summed E-state index contributed by atoms with van der Waals surface area (Å²) in [6.45, 7) is 5.42. The fourth-order valence-corrected chi connectivity index (χ4v) is 2.70. The average Bonchev–Trinajstić information content (AvgIpc) is 2.97. The van der Waals surface area contributed by atoms with Gasteiger partial charge in [-0.15, -0.1) is 0 Å².